The Bertz CT molecular complexity index is 946. The van der Waals surface area contributed by atoms with E-state index < -0.39 is 17.7 Å². The number of azo groups is 1. The minimum absolute atomic E-state index is 0.256. The Hall–Kier alpha value is -3.33. The fourth-order valence-corrected chi connectivity index (χ4v) is 2.99. The number of carbonyl (C=O) groups is 2. The summed E-state index contributed by atoms with van der Waals surface area (Å²) in [6, 6.07) is 6.78. The molecule has 1 amide bonds. The second-order valence-corrected chi connectivity index (χ2v) is 6.76. The molecule has 0 radical (unpaired) electrons. The number of rotatable bonds is 11. The zero-order valence-corrected chi connectivity index (χ0v) is 19.4. The number of hydrogen-bond acceptors (Lipinski definition) is 8. The molecule has 0 fully saturated rings. The number of carbonyl (C=O) groups excluding carboxylic acids is 2. The largest absolute Gasteiger partial charge is 0.495 e. The second kappa shape index (κ2) is 11.9. The molecule has 9 nitrogen and oxygen atoms in total. The minimum atomic E-state index is -1.40. The fourth-order valence-electron chi connectivity index (χ4n) is 2.73. The van der Waals surface area contributed by atoms with Crippen molar-refractivity contribution in [3.8, 4) is 23.0 Å². The Kier molecular flexibility index (Phi) is 9.27. The van der Waals surface area contributed by atoms with Gasteiger partial charge in [-0.1, -0.05) is 17.7 Å². The highest BCUT2D eigenvalue weighted by atomic mass is 35.5. The second-order valence-electron chi connectivity index (χ2n) is 6.38. The maximum Gasteiger partial charge on any atom is 0.258 e. The molecule has 1 atom stereocenters. The summed E-state index contributed by atoms with van der Waals surface area (Å²) in [4.78, 5) is 25.0. The molecule has 0 aliphatic rings. The highest BCUT2D eigenvalue weighted by Gasteiger charge is 2.25. The molecule has 32 heavy (non-hydrogen) atoms. The number of methoxy groups -OCH3 is 2. The van der Waals surface area contributed by atoms with Crippen molar-refractivity contribution >= 4 is 34.7 Å². The van der Waals surface area contributed by atoms with Gasteiger partial charge in [0.25, 0.3) is 5.91 Å². The standard InChI is InChI=1S/C22H26ClN3O6/c1-6-31-15-9-8-10-16(32-7-2)21(15)26-25-20(13(3)27)22(28)24-14-11-17(29-4)19(23)18(12-14)30-5/h8-12,20H,6-7H2,1-5H3,(H,24,28). The number of hydrogen-bond donors (Lipinski definition) is 1. The van der Waals surface area contributed by atoms with E-state index in [4.69, 9.17) is 30.5 Å². The van der Waals surface area contributed by atoms with Gasteiger partial charge < -0.3 is 24.3 Å². The minimum Gasteiger partial charge on any atom is -0.495 e. The number of halogens is 1. The number of benzene rings is 2. The molecule has 0 saturated heterocycles. The van der Waals surface area contributed by atoms with Gasteiger partial charge in [-0.05, 0) is 32.9 Å². The smallest absolute Gasteiger partial charge is 0.258 e. The van der Waals surface area contributed by atoms with Gasteiger partial charge in [-0.15, -0.1) is 5.11 Å². The van der Waals surface area contributed by atoms with E-state index in [9.17, 15) is 9.59 Å². The number of ketones is 1. The van der Waals surface area contributed by atoms with Crippen molar-refractivity contribution in [2.45, 2.75) is 26.8 Å². The summed E-state index contributed by atoms with van der Waals surface area (Å²) in [6.45, 7) is 5.71. The predicted molar refractivity (Wildman–Crippen MR) is 121 cm³/mol. The molecule has 0 heterocycles. The van der Waals surface area contributed by atoms with Gasteiger partial charge in [-0.2, -0.15) is 5.11 Å². The van der Waals surface area contributed by atoms with Gasteiger partial charge in [0.05, 0.1) is 27.4 Å². The van der Waals surface area contributed by atoms with Crippen LogP contribution in [0.15, 0.2) is 40.6 Å². The Morgan fingerprint density at radius 1 is 1.00 bits per heavy atom. The van der Waals surface area contributed by atoms with Crippen LogP contribution in [0.4, 0.5) is 11.4 Å². The lowest BCUT2D eigenvalue weighted by Gasteiger charge is -2.14. The van der Waals surface area contributed by atoms with Gasteiger partial charge >= 0.3 is 0 Å². The first-order valence-corrected chi connectivity index (χ1v) is 10.3. The molecule has 1 N–H and O–H groups in total. The molecule has 2 aromatic rings. The summed E-state index contributed by atoms with van der Waals surface area (Å²) < 4.78 is 21.5. The van der Waals surface area contributed by atoms with Gasteiger partial charge in [0, 0.05) is 17.8 Å². The normalized spacial score (nSPS) is 11.7. The van der Waals surface area contributed by atoms with Crippen molar-refractivity contribution in [1.82, 2.24) is 0 Å². The van der Waals surface area contributed by atoms with Crippen molar-refractivity contribution in [3.05, 3.63) is 35.4 Å². The van der Waals surface area contributed by atoms with Gasteiger partial charge in [0.15, 0.2) is 23.0 Å². The molecular weight excluding hydrogens is 438 g/mol. The van der Waals surface area contributed by atoms with Crippen LogP contribution in [0.5, 0.6) is 23.0 Å². The van der Waals surface area contributed by atoms with Crippen LogP contribution in [0, 0.1) is 0 Å². The average molecular weight is 464 g/mol. The lowest BCUT2D eigenvalue weighted by molar-refractivity contribution is -0.126. The van der Waals surface area contributed by atoms with Crippen LogP contribution in [-0.4, -0.2) is 45.2 Å². The quantitative estimate of drug-likeness (QED) is 0.377. The first kappa shape index (κ1) is 24.9. The van der Waals surface area contributed by atoms with E-state index in [0.717, 1.165) is 0 Å². The topological polar surface area (TPSA) is 108 Å². The molecule has 0 aliphatic carbocycles. The Balaban J connectivity index is 2.35. The van der Waals surface area contributed by atoms with Gasteiger partial charge in [-0.3, -0.25) is 9.59 Å². The van der Waals surface area contributed by atoms with Crippen LogP contribution >= 0.6 is 11.6 Å². The summed E-state index contributed by atoms with van der Waals surface area (Å²) in [7, 11) is 2.87. The maximum atomic E-state index is 12.8. The van der Waals surface area contributed by atoms with Gasteiger partial charge in [-0.25, -0.2) is 0 Å². The van der Waals surface area contributed by atoms with E-state index in [1.807, 2.05) is 13.8 Å². The molecule has 2 aromatic carbocycles. The molecular formula is C22H26ClN3O6. The molecule has 0 aliphatic heterocycles. The van der Waals surface area contributed by atoms with Crippen molar-refractivity contribution in [2.75, 3.05) is 32.8 Å². The van der Waals surface area contributed by atoms with Crippen molar-refractivity contribution < 1.29 is 28.5 Å². The first-order chi connectivity index (χ1) is 15.4. The van der Waals surface area contributed by atoms with Crippen LogP contribution in [0.3, 0.4) is 0 Å². The Morgan fingerprint density at radius 3 is 1.97 bits per heavy atom. The lowest BCUT2D eigenvalue weighted by atomic mass is 10.2. The van der Waals surface area contributed by atoms with Crippen LogP contribution in [0.1, 0.15) is 20.8 Å². The number of nitrogens with one attached hydrogen (secondary N) is 1. The molecule has 2 rings (SSSR count). The monoisotopic (exact) mass is 463 g/mol. The number of amides is 1. The molecule has 0 aromatic heterocycles. The third kappa shape index (κ3) is 6.10. The van der Waals surface area contributed by atoms with Crippen molar-refractivity contribution in [3.63, 3.8) is 0 Å². The van der Waals surface area contributed by atoms with Crippen LogP contribution in [0.25, 0.3) is 0 Å². The summed E-state index contributed by atoms with van der Waals surface area (Å²) in [5.41, 5.74) is 0.615. The highest BCUT2D eigenvalue weighted by Crippen LogP contribution is 2.39. The average Bonchev–Trinajstić information content (AvgIpc) is 2.76. The van der Waals surface area contributed by atoms with E-state index in [2.05, 4.69) is 15.5 Å². The molecule has 1 unspecified atom stereocenters. The molecule has 172 valence electrons. The third-order valence-electron chi connectivity index (χ3n) is 4.18. The van der Waals surface area contributed by atoms with E-state index in [1.54, 1.807) is 18.2 Å². The van der Waals surface area contributed by atoms with Crippen LogP contribution < -0.4 is 24.3 Å². The summed E-state index contributed by atoms with van der Waals surface area (Å²) >= 11 is 6.16. The summed E-state index contributed by atoms with van der Waals surface area (Å²) in [6.07, 6.45) is 0. The van der Waals surface area contributed by atoms with Crippen LogP contribution in [0.2, 0.25) is 5.02 Å². The Morgan fingerprint density at radius 2 is 1.53 bits per heavy atom. The summed E-state index contributed by atoms with van der Waals surface area (Å²) in [5.74, 6) is 0.281. The van der Waals surface area contributed by atoms with Crippen molar-refractivity contribution in [1.29, 1.82) is 0 Å². The first-order valence-electron chi connectivity index (χ1n) is 9.88. The number of ether oxygens (including phenoxy) is 4. The van der Waals surface area contributed by atoms with E-state index >= 15 is 0 Å². The van der Waals surface area contributed by atoms with Crippen molar-refractivity contribution in [2.24, 2.45) is 10.2 Å². The number of nitrogens with zero attached hydrogens (tertiary/aromatic N) is 2. The van der Waals surface area contributed by atoms with Gasteiger partial charge in [0.1, 0.15) is 16.5 Å². The van der Waals surface area contributed by atoms with E-state index in [0.29, 0.717) is 47.6 Å². The zero-order valence-electron chi connectivity index (χ0n) is 18.6. The SMILES string of the molecule is CCOc1cccc(OCC)c1N=NC(C(C)=O)C(=O)Nc1cc(OC)c(Cl)c(OC)c1. The maximum absolute atomic E-state index is 12.8. The number of Topliss-reactive ketones (excluding diaryl/α,β-unsaturated/α-hetero) is 1. The van der Waals surface area contributed by atoms with Crippen LogP contribution in [-0.2, 0) is 9.59 Å². The number of anilines is 1. The molecule has 0 spiro atoms. The third-order valence-corrected chi connectivity index (χ3v) is 4.55. The summed E-state index contributed by atoms with van der Waals surface area (Å²) in [5, 5.41) is 11.0. The van der Waals surface area contributed by atoms with E-state index in [1.165, 1.54) is 33.3 Å². The molecule has 0 saturated carbocycles. The fraction of sp³-hybridized carbons (Fsp3) is 0.364. The van der Waals surface area contributed by atoms with E-state index in [-0.39, 0.29) is 5.02 Å². The Labute approximate surface area is 191 Å². The van der Waals surface area contributed by atoms with Gasteiger partial charge in [0.2, 0.25) is 6.04 Å². The molecule has 0 bridgehead atoms. The zero-order chi connectivity index (χ0) is 23.7. The molecule has 10 heteroatoms. The lowest BCUT2D eigenvalue weighted by Crippen LogP contribution is -2.31. The highest BCUT2D eigenvalue weighted by molar-refractivity contribution is 6.33. The predicted octanol–water partition coefficient (Wildman–Crippen LogP) is 4.83.